The fourth-order valence-electron chi connectivity index (χ4n) is 4.03. The molecule has 2 aliphatic rings. The third kappa shape index (κ3) is 3.12. The minimum Gasteiger partial charge on any atom is -0.322 e. The summed E-state index contributed by atoms with van der Waals surface area (Å²) in [5, 5.41) is 9.06. The van der Waals surface area contributed by atoms with Gasteiger partial charge in [0.15, 0.2) is 0 Å². The van der Waals surface area contributed by atoms with Crippen LogP contribution in [0.15, 0.2) is 41.9 Å². The van der Waals surface area contributed by atoms with Gasteiger partial charge in [0, 0.05) is 18.0 Å². The number of thiazole rings is 1. The zero-order valence-corrected chi connectivity index (χ0v) is 15.3. The van der Waals surface area contributed by atoms with Gasteiger partial charge in [-0.3, -0.25) is 9.69 Å². The molecule has 0 radical (unpaired) electrons. The Hall–Kier alpha value is -2.25. The molecular weight excluding hydrogens is 348 g/mol. The molecule has 136 valence electrons. The molecule has 0 saturated carbocycles. The first kappa shape index (κ1) is 17.2. The van der Waals surface area contributed by atoms with E-state index < -0.39 is 5.54 Å². The van der Waals surface area contributed by atoms with Crippen LogP contribution in [0.2, 0.25) is 0 Å². The number of benzene rings is 1. The Balaban J connectivity index is 1.66. The third-order valence-corrected chi connectivity index (χ3v) is 6.11. The van der Waals surface area contributed by atoms with Crippen LogP contribution < -0.4 is 10.6 Å². The zero-order chi connectivity index (χ0) is 18.0. The van der Waals surface area contributed by atoms with E-state index in [1.54, 1.807) is 6.20 Å². The average Bonchev–Trinajstić information content (AvgIpc) is 3.27. The second kappa shape index (κ2) is 7.17. The molecule has 2 N–H and O–H groups in total. The van der Waals surface area contributed by atoms with E-state index in [2.05, 4.69) is 15.6 Å². The first-order chi connectivity index (χ1) is 12.7. The summed E-state index contributed by atoms with van der Waals surface area (Å²) in [4.78, 5) is 31.7. The molecule has 0 unspecified atom stereocenters. The topological polar surface area (TPSA) is 74.3 Å². The summed E-state index contributed by atoms with van der Waals surface area (Å²) in [6, 6.07) is 9.64. The molecule has 2 aliphatic heterocycles. The zero-order valence-electron chi connectivity index (χ0n) is 14.5. The van der Waals surface area contributed by atoms with Gasteiger partial charge in [-0.1, -0.05) is 30.3 Å². The molecular formula is C19H22N4O2S. The van der Waals surface area contributed by atoms with Crippen LogP contribution in [0, 0.1) is 5.92 Å². The molecule has 1 atom stereocenters. The number of carbonyl (C=O) groups excluding carboxylic acids is 2. The maximum atomic E-state index is 13.5. The number of carbonyl (C=O) groups is 2. The largest absolute Gasteiger partial charge is 0.325 e. The lowest BCUT2D eigenvalue weighted by Crippen LogP contribution is -2.57. The normalized spacial score (nSPS) is 24.1. The number of nitrogens with one attached hydrogen (secondary N) is 2. The van der Waals surface area contributed by atoms with Crippen LogP contribution >= 0.6 is 11.3 Å². The van der Waals surface area contributed by atoms with Crippen molar-refractivity contribution in [1.82, 2.24) is 20.5 Å². The first-order valence-corrected chi connectivity index (χ1v) is 9.84. The Bertz CT molecular complexity index is 774. The molecule has 0 aliphatic carbocycles. The maximum absolute atomic E-state index is 13.5. The molecule has 4 rings (SSSR count). The van der Waals surface area contributed by atoms with Gasteiger partial charge in [0.2, 0.25) is 0 Å². The highest BCUT2D eigenvalue weighted by Crippen LogP contribution is 2.35. The summed E-state index contributed by atoms with van der Waals surface area (Å²) in [6.45, 7) is 1.98. The van der Waals surface area contributed by atoms with Crippen LogP contribution in [0.25, 0.3) is 0 Å². The summed E-state index contributed by atoms with van der Waals surface area (Å²) < 4.78 is 0. The molecule has 26 heavy (non-hydrogen) atoms. The highest BCUT2D eigenvalue weighted by molar-refractivity contribution is 7.09. The van der Waals surface area contributed by atoms with Gasteiger partial charge in [-0.05, 0) is 37.4 Å². The van der Waals surface area contributed by atoms with E-state index in [1.165, 1.54) is 16.2 Å². The summed E-state index contributed by atoms with van der Waals surface area (Å²) in [7, 11) is 0. The van der Waals surface area contributed by atoms with Crippen molar-refractivity contribution in [1.29, 1.82) is 0 Å². The first-order valence-electron chi connectivity index (χ1n) is 8.96. The van der Waals surface area contributed by atoms with E-state index in [0.717, 1.165) is 36.5 Å². The Labute approximate surface area is 156 Å². The smallest absolute Gasteiger partial charge is 0.322 e. The number of piperidine rings is 1. The minimum absolute atomic E-state index is 0.117. The van der Waals surface area contributed by atoms with E-state index in [9.17, 15) is 9.59 Å². The molecule has 0 spiro atoms. The number of imide groups is 1. The number of urea groups is 1. The Morgan fingerprint density at radius 1 is 1.19 bits per heavy atom. The molecule has 2 aromatic rings. The van der Waals surface area contributed by atoms with E-state index in [4.69, 9.17) is 0 Å². The molecule has 7 heteroatoms. The van der Waals surface area contributed by atoms with Gasteiger partial charge in [0.1, 0.15) is 10.5 Å². The van der Waals surface area contributed by atoms with Crippen molar-refractivity contribution in [3.8, 4) is 0 Å². The average molecular weight is 370 g/mol. The minimum atomic E-state index is -0.863. The van der Waals surface area contributed by atoms with Crippen LogP contribution in [0.1, 0.15) is 23.4 Å². The van der Waals surface area contributed by atoms with E-state index in [0.29, 0.717) is 6.42 Å². The number of rotatable bonds is 5. The predicted octanol–water partition coefficient (Wildman–Crippen LogP) is 2.18. The summed E-state index contributed by atoms with van der Waals surface area (Å²) in [5.41, 5.74) is 0.202. The van der Waals surface area contributed by atoms with Crippen molar-refractivity contribution in [3.63, 3.8) is 0 Å². The lowest BCUT2D eigenvalue weighted by molar-refractivity contribution is -0.134. The molecule has 3 amide bonds. The number of hydrogen-bond acceptors (Lipinski definition) is 5. The lowest BCUT2D eigenvalue weighted by Gasteiger charge is -2.38. The molecule has 1 aromatic heterocycles. The molecule has 1 aromatic carbocycles. The molecule has 6 nitrogen and oxygen atoms in total. The fraction of sp³-hybridized carbons (Fsp3) is 0.421. The molecule has 0 bridgehead atoms. The maximum Gasteiger partial charge on any atom is 0.325 e. The molecule has 2 fully saturated rings. The van der Waals surface area contributed by atoms with Crippen LogP contribution in [-0.2, 0) is 17.8 Å². The lowest BCUT2D eigenvalue weighted by atomic mass is 9.74. The van der Waals surface area contributed by atoms with Crippen LogP contribution in [0.3, 0.4) is 0 Å². The van der Waals surface area contributed by atoms with E-state index in [-0.39, 0.29) is 24.4 Å². The number of amides is 3. The van der Waals surface area contributed by atoms with Crippen molar-refractivity contribution < 1.29 is 9.59 Å². The van der Waals surface area contributed by atoms with Gasteiger partial charge < -0.3 is 10.6 Å². The summed E-state index contributed by atoms with van der Waals surface area (Å²) >= 11 is 1.46. The van der Waals surface area contributed by atoms with Crippen molar-refractivity contribution in [2.75, 3.05) is 13.1 Å². The second-order valence-corrected chi connectivity index (χ2v) is 7.88. The Kier molecular flexibility index (Phi) is 4.74. The van der Waals surface area contributed by atoms with Gasteiger partial charge in [-0.2, -0.15) is 0 Å². The van der Waals surface area contributed by atoms with Crippen molar-refractivity contribution in [3.05, 3.63) is 52.5 Å². The van der Waals surface area contributed by atoms with Crippen molar-refractivity contribution in [2.45, 2.75) is 31.3 Å². The SMILES string of the molecule is O=C1N[C@](Cc2ccccc2)(C2CCNCC2)C(=O)N1Cc1nccs1. The highest BCUT2D eigenvalue weighted by Gasteiger charge is 2.55. The Morgan fingerprint density at radius 3 is 2.65 bits per heavy atom. The standard InChI is InChI=1S/C19H22N4O2S/c24-17-19(15-6-8-20-9-7-15,12-14-4-2-1-3-5-14)22-18(25)23(17)13-16-21-10-11-26-16/h1-5,10-11,15,20H,6-9,12-13H2,(H,22,25)/t19-/m1/s1. The van der Waals surface area contributed by atoms with Gasteiger partial charge >= 0.3 is 6.03 Å². The van der Waals surface area contributed by atoms with E-state index >= 15 is 0 Å². The van der Waals surface area contributed by atoms with Gasteiger partial charge in [0.05, 0.1) is 6.54 Å². The van der Waals surface area contributed by atoms with Gasteiger partial charge in [-0.15, -0.1) is 11.3 Å². The third-order valence-electron chi connectivity index (χ3n) is 5.34. The van der Waals surface area contributed by atoms with Crippen molar-refractivity contribution in [2.24, 2.45) is 5.92 Å². The van der Waals surface area contributed by atoms with Crippen LogP contribution in [0.5, 0.6) is 0 Å². The summed E-state index contributed by atoms with van der Waals surface area (Å²) in [5.74, 6) is 0.00940. The van der Waals surface area contributed by atoms with Crippen LogP contribution in [0.4, 0.5) is 4.79 Å². The number of nitrogens with zero attached hydrogens (tertiary/aromatic N) is 2. The summed E-state index contributed by atoms with van der Waals surface area (Å²) in [6.07, 6.45) is 3.98. The number of aromatic nitrogens is 1. The van der Waals surface area contributed by atoms with Crippen molar-refractivity contribution >= 4 is 23.3 Å². The molecule has 2 saturated heterocycles. The predicted molar refractivity (Wildman–Crippen MR) is 99.7 cm³/mol. The monoisotopic (exact) mass is 370 g/mol. The fourth-order valence-corrected chi connectivity index (χ4v) is 4.63. The Morgan fingerprint density at radius 2 is 1.96 bits per heavy atom. The number of hydrogen-bond donors (Lipinski definition) is 2. The second-order valence-electron chi connectivity index (χ2n) is 6.91. The van der Waals surface area contributed by atoms with E-state index in [1.807, 2.05) is 35.7 Å². The molecule has 3 heterocycles. The van der Waals surface area contributed by atoms with Crippen LogP contribution in [-0.4, -0.2) is 40.5 Å². The quantitative estimate of drug-likeness (QED) is 0.791. The highest BCUT2D eigenvalue weighted by atomic mass is 32.1. The van der Waals surface area contributed by atoms with Gasteiger partial charge in [-0.25, -0.2) is 9.78 Å². The van der Waals surface area contributed by atoms with Gasteiger partial charge in [0.25, 0.3) is 5.91 Å².